The molecule has 0 radical (unpaired) electrons. The van der Waals surface area contributed by atoms with Gasteiger partial charge in [0.05, 0.1) is 12.2 Å². The lowest BCUT2D eigenvalue weighted by atomic mass is 10.2. The number of carbonyl (C=O) groups is 1. The molecule has 1 unspecified atom stereocenters. The molecule has 0 saturated carbocycles. The van der Waals surface area contributed by atoms with Crippen LogP contribution in [0.3, 0.4) is 0 Å². The van der Waals surface area contributed by atoms with Crippen LogP contribution in [0.15, 0.2) is 29.6 Å². The maximum absolute atomic E-state index is 12.9. The van der Waals surface area contributed by atoms with Crippen LogP contribution in [0, 0.1) is 0 Å². The molecule has 7 heteroatoms. The van der Waals surface area contributed by atoms with Gasteiger partial charge in [-0.3, -0.25) is 14.6 Å². The first-order valence-corrected chi connectivity index (χ1v) is 11.3. The average molecular weight is 415 g/mol. The molecule has 156 valence electrons. The third kappa shape index (κ3) is 4.86. The Kier molecular flexibility index (Phi) is 6.60. The second kappa shape index (κ2) is 9.34. The molecule has 1 amide bonds. The van der Waals surface area contributed by atoms with Crippen LogP contribution in [-0.2, 0) is 22.5 Å². The molecule has 2 aliphatic rings. The third-order valence-corrected chi connectivity index (χ3v) is 6.94. The van der Waals surface area contributed by atoms with E-state index in [0.717, 1.165) is 68.5 Å². The lowest BCUT2D eigenvalue weighted by molar-refractivity contribution is -0.119. The number of nitrogens with zero attached hydrogens (tertiary/aromatic N) is 4. The highest BCUT2D eigenvalue weighted by molar-refractivity contribution is 7.09. The monoisotopic (exact) mass is 414 g/mol. The number of rotatable bonds is 6. The largest absolute Gasteiger partial charge is 0.375 e. The summed E-state index contributed by atoms with van der Waals surface area (Å²) >= 11 is 1.67. The van der Waals surface area contributed by atoms with Gasteiger partial charge in [0.1, 0.15) is 11.1 Å². The van der Waals surface area contributed by atoms with Gasteiger partial charge in [-0.1, -0.05) is 18.2 Å². The van der Waals surface area contributed by atoms with Gasteiger partial charge in [0.15, 0.2) is 0 Å². The Morgan fingerprint density at radius 2 is 1.97 bits per heavy atom. The number of fused-ring (bicyclic) bond motifs is 1. The normalized spacial score (nSPS) is 19.2. The minimum absolute atomic E-state index is 0.0510. The van der Waals surface area contributed by atoms with Gasteiger partial charge in [0.25, 0.3) is 0 Å². The van der Waals surface area contributed by atoms with Gasteiger partial charge >= 0.3 is 0 Å². The molecule has 29 heavy (non-hydrogen) atoms. The summed E-state index contributed by atoms with van der Waals surface area (Å²) < 4.78 is 5.37. The van der Waals surface area contributed by atoms with Crippen molar-refractivity contribution in [2.75, 3.05) is 51.3 Å². The first-order chi connectivity index (χ1) is 14.1. The zero-order valence-corrected chi connectivity index (χ0v) is 18.2. The van der Waals surface area contributed by atoms with Gasteiger partial charge < -0.3 is 9.64 Å². The van der Waals surface area contributed by atoms with Gasteiger partial charge in [-0.15, -0.1) is 11.3 Å². The summed E-state index contributed by atoms with van der Waals surface area (Å²) in [4.78, 5) is 24.4. The Hall–Kier alpha value is -1.80. The number of hydrogen-bond donors (Lipinski definition) is 0. The summed E-state index contributed by atoms with van der Waals surface area (Å²) in [5.41, 5.74) is 3.50. The van der Waals surface area contributed by atoms with Crippen molar-refractivity contribution < 1.29 is 9.53 Å². The van der Waals surface area contributed by atoms with Gasteiger partial charge in [-0.05, 0) is 44.5 Å². The number of hydrogen-bond acceptors (Lipinski definition) is 6. The standard InChI is InChI=1S/C22H30N4O2S/c1-17(28-2)22-23-19(16-29-22)14-24-9-5-10-25(13-12-24)15-21(27)26-11-8-18-6-3-4-7-20(18)26/h3-4,6-7,16-17H,5,8-15H2,1-2H3. The van der Waals surface area contributed by atoms with Gasteiger partial charge in [-0.2, -0.15) is 0 Å². The number of ether oxygens (including phenoxy) is 1. The highest BCUT2D eigenvalue weighted by Crippen LogP contribution is 2.27. The quantitative estimate of drug-likeness (QED) is 0.727. The molecule has 0 N–H and O–H groups in total. The van der Waals surface area contributed by atoms with Crippen LogP contribution >= 0.6 is 11.3 Å². The number of aromatic nitrogens is 1. The minimum Gasteiger partial charge on any atom is -0.375 e. The molecule has 2 aliphatic heterocycles. The number of para-hydroxylation sites is 1. The number of benzene rings is 1. The predicted molar refractivity (Wildman–Crippen MR) is 116 cm³/mol. The van der Waals surface area contributed by atoms with Crippen LogP contribution in [0.4, 0.5) is 5.69 Å². The molecule has 0 aliphatic carbocycles. The highest BCUT2D eigenvalue weighted by Gasteiger charge is 2.26. The summed E-state index contributed by atoms with van der Waals surface area (Å²) in [7, 11) is 1.72. The zero-order chi connectivity index (χ0) is 20.2. The third-order valence-electron chi connectivity index (χ3n) is 5.88. The van der Waals surface area contributed by atoms with Gasteiger partial charge in [0.2, 0.25) is 5.91 Å². The molecule has 4 rings (SSSR count). The lowest BCUT2D eigenvalue weighted by Gasteiger charge is -2.24. The molecular formula is C22H30N4O2S. The first-order valence-electron chi connectivity index (χ1n) is 10.4. The SMILES string of the molecule is COC(C)c1nc(CN2CCCN(CC(=O)N3CCc4ccccc43)CC2)cs1. The van der Waals surface area contributed by atoms with E-state index in [2.05, 4.69) is 33.4 Å². The zero-order valence-electron chi connectivity index (χ0n) is 17.3. The smallest absolute Gasteiger partial charge is 0.241 e. The Labute approximate surface area is 177 Å². The first kappa shape index (κ1) is 20.5. The number of amides is 1. The molecular weight excluding hydrogens is 384 g/mol. The summed E-state index contributed by atoms with van der Waals surface area (Å²) in [6, 6.07) is 8.27. The Bertz CT molecular complexity index is 840. The predicted octanol–water partition coefficient (Wildman–Crippen LogP) is 2.95. The molecule has 0 bridgehead atoms. The number of thiazole rings is 1. The van der Waals surface area contributed by atoms with Gasteiger partial charge in [-0.25, -0.2) is 4.98 Å². The Morgan fingerprint density at radius 3 is 2.83 bits per heavy atom. The van der Waals surface area contributed by atoms with Crippen LogP contribution < -0.4 is 4.90 Å². The van der Waals surface area contributed by atoms with Crippen molar-refractivity contribution in [1.82, 2.24) is 14.8 Å². The molecule has 1 saturated heterocycles. The van der Waals surface area contributed by atoms with Crippen LogP contribution in [0.1, 0.15) is 35.7 Å². The van der Waals surface area contributed by atoms with Crippen molar-refractivity contribution in [3.05, 3.63) is 45.9 Å². The van der Waals surface area contributed by atoms with Gasteiger partial charge in [0, 0.05) is 44.4 Å². The molecule has 3 heterocycles. The maximum Gasteiger partial charge on any atom is 0.241 e. The average Bonchev–Trinajstić information content (AvgIpc) is 3.32. The van der Waals surface area contributed by atoms with E-state index in [1.807, 2.05) is 17.9 Å². The molecule has 6 nitrogen and oxygen atoms in total. The van der Waals surface area contributed by atoms with Crippen molar-refractivity contribution in [1.29, 1.82) is 0 Å². The second-order valence-corrected chi connectivity index (χ2v) is 8.77. The van der Waals surface area contributed by atoms with Crippen LogP contribution in [-0.4, -0.2) is 67.1 Å². The highest BCUT2D eigenvalue weighted by atomic mass is 32.1. The van der Waals surface area contributed by atoms with E-state index in [4.69, 9.17) is 9.72 Å². The summed E-state index contributed by atoms with van der Waals surface area (Å²) in [6.07, 6.45) is 2.10. The topological polar surface area (TPSA) is 48.9 Å². The minimum atomic E-state index is 0.0510. The fourth-order valence-electron chi connectivity index (χ4n) is 4.13. The van der Waals surface area contributed by atoms with E-state index in [1.165, 1.54) is 5.56 Å². The Balaban J connectivity index is 1.29. The molecule has 1 aromatic carbocycles. The van der Waals surface area contributed by atoms with Crippen molar-refractivity contribution in [2.24, 2.45) is 0 Å². The number of anilines is 1. The van der Waals surface area contributed by atoms with E-state index in [1.54, 1.807) is 18.4 Å². The molecule has 0 spiro atoms. The lowest BCUT2D eigenvalue weighted by Crippen LogP contribution is -2.41. The summed E-state index contributed by atoms with van der Waals surface area (Å²) in [5, 5.41) is 3.18. The molecule has 1 atom stereocenters. The maximum atomic E-state index is 12.9. The van der Waals surface area contributed by atoms with Crippen LogP contribution in [0.25, 0.3) is 0 Å². The van der Waals surface area contributed by atoms with Crippen molar-refractivity contribution >= 4 is 22.9 Å². The summed E-state index contributed by atoms with van der Waals surface area (Å²) in [6.45, 7) is 8.13. The van der Waals surface area contributed by atoms with E-state index >= 15 is 0 Å². The van der Waals surface area contributed by atoms with Crippen molar-refractivity contribution in [3.63, 3.8) is 0 Å². The second-order valence-electron chi connectivity index (χ2n) is 7.88. The number of carbonyl (C=O) groups excluding carboxylic acids is 1. The molecule has 1 aromatic heterocycles. The number of methoxy groups -OCH3 is 1. The van der Waals surface area contributed by atoms with E-state index in [0.29, 0.717) is 6.54 Å². The van der Waals surface area contributed by atoms with Crippen molar-refractivity contribution in [2.45, 2.75) is 32.4 Å². The fraction of sp³-hybridized carbons (Fsp3) is 0.545. The van der Waals surface area contributed by atoms with Crippen LogP contribution in [0.5, 0.6) is 0 Å². The van der Waals surface area contributed by atoms with E-state index in [-0.39, 0.29) is 12.0 Å². The van der Waals surface area contributed by atoms with E-state index in [9.17, 15) is 4.79 Å². The molecule has 2 aromatic rings. The fourth-order valence-corrected chi connectivity index (χ4v) is 4.97. The van der Waals surface area contributed by atoms with Crippen molar-refractivity contribution in [3.8, 4) is 0 Å². The van der Waals surface area contributed by atoms with Crippen LogP contribution in [0.2, 0.25) is 0 Å². The molecule has 1 fully saturated rings. The van der Waals surface area contributed by atoms with E-state index < -0.39 is 0 Å². The summed E-state index contributed by atoms with van der Waals surface area (Å²) in [5.74, 6) is 0.223. The Morgan fingerprint density at radius 1 is 1.17 bits per heavy atom.